The van der Waals surface area contributed by atoms with Crippen molar-refractivity contribution in [3.63, 3.8) is 0 Å². The van der Waals surface area contributed by atoms with Crippen molar-refractivity contribution in [1.29, 1.82) is 0 Å². The minimum Gasteiger partial charge on any atom is -0.507 e. The lowest BCUT2D eigenvalue weighted by molar-refractivity contribution is -0.132. The number of aliphatic hydroxyl groups excluding tert-OH is 1. The fourth-order valence-electron chi connectivity index (χ4n) is 4.26. The van der Waals surface area contributed by atoms with Crippen molar-refractivity contribution in [3.8, 4) is 17.2 Å². The van der Waals surface area contributed by atoms with Crippen molar-refractivity contribution >= 4 is 23.1 Å². The van der Waals surface area contributed by atoms with Crippen LogP contribution in [0.4, 0.5) is 5.69 Å². The summed E-state index contributed by atoms with van der Waals surface area (Å²) in [5.41, 5.74) is 1.46. The van der Waals surface area contributed by atoms with Crippen LogP contribution in [0, 0.1) is 0 Å². The molecule has 0 aromatic heterocycles. The van der Waals surface area contributed by atoms with Gasteiger partial charge in [0.1, 0.15) is 23.0 Å². The van der Waals surface area contributed by atoms with Gasteiger partial charge in [-0.25, -0.2) is 0 Å². The van der Waals surface area contributed by atoms with Crippen molar-refractivity contribution in [3.05, 3.63) is 89.5 Å². The number of benzene rings is 3. The molecule has 1 N–H and O–H groups in total. The van der Waals surface area contributed by atoms with E-state index < -0.39 is 17.7 Å². The van der Waals surface area contributed by atoms with Crippen LogP contribution in [-0.2, 0) is 9.59 Å². The first-order chi connectivity index (χ1) is 17.3. The molecule has 1 amide bonds. The zero-order valence-corrected chi connectivity index (χ0v) is 20.7. The molecule has 0 saturated carbocycles. The van der Waals surface area contributed by atoms with Crippen LogP contribution in [0.2, 0.25) is 0 Å². The van der Waals surface area contributed by atoms with Crippen LogP contribution in [0.3, 0.4) is 0 Å². The Labute approximate surface area is 210 Å². The van der Waals surface area contributed by atoms with Crippen molar-refractivity contribution in [2.75, 3.05) is 18.6 Å². The number of carbonyl (C=O) groups excluding carboxylic acids is 2. The van der Waals surface area contributed by atoms with E-state index in [0.717, 1.165) is 0 Å². The highest BCUT2D eigenvalue weighted by Gasteiger charge is 2.47. The summed E-state index contributed by atoms with van der Waals surface area (Å²) in [6.07, 6.45) is -0.0636. The summed E-state index contributed by atoms with van der Waals surface area (Å²) in [6, 6.07) is 20.0. The number of carbonyl (C=O) groups is 2. The van der Waals surface area contributed by atoms with E-state index >= 15 is 0 Å². The van der Waals surface area contributed by atoms with E-state index in [1.54, 1.807) is 60.7 Å². The smallest absolute Gasteiger partial charge is 0.300 e. The van der Waals surface area contributed by atoms with Crippen LogP contribution in [0.25, 0.3) is 5.76 Å². The molecule has 1 atom stereocenters. The topological polar surface area (TPSA) is 85.3 Å². The first-order valence-electron chi connectivity index (χ1n) is 11.8. The van der Waals surface area contributed by atoms with Gasteiger partial charge in [-0.3, -0.25) is 14.5 Å². The highest BCUT2D eigenvalue weighted by molar-refractivity contribution is 6.51. The number of amides is 1. The highest BCUT2D eigenvalue weighted by Crippen LogP contribution is 2.43. The predicted octanol–water partition coefficient (Wildman–Crippen LogP) is 5.51. The number of anilines is 1. The van der Waals surface area contributed by atoms with E-state index in [0.29, 0.717) is 40.7 Å². The van der Waals surface area contributed by atoms with Crippen LogP contribution >= 0.6 is 0 Å². The summed E-state index contributed by atoms with van der Waals surface area (Å²) >= 11 is 0. The molecule has 1 saturated heterocycles. The summed E-state index contributed by atoms with van der Waals surface area (Å²) in [5.74, 6) is -0.124. The molecule has 1 fully saturated rings. The molecule has 4 rings (SSSR count). The molecule has 0 radical (unpaired) electrons. The fraction of sp³-hybridized carbons (Fsp3) is 0.241. The Balaban J connectivity index is 1.93. The quantitative estimate of drug-likeness (QED) is 0.256. The number of ketones is 1. The minimum atomic E-state index is -0.885. The lowest BCUT2D eigenvalue weighted by atomic mass is 9.95. The third-order valence-electron chi connectivity index (χ3n) is 5.74. The molecule has 3 aromatic carbocycles. The molecule has 36 heavy (non-hydrogen) atoms. The Hall–Kier alpha value is -4.26. The maximum atomic E-state index is 13.4. The number of ether oxygens (including phenoxy) is 3. The molecule has 186 valence electrons. The number of aliphatic hydroxyl groups is 1. The molecular formula is C29H29NO6. The molecule has 0 aliphatic carbocycles. The molecular weight excluding hydrogens is 458 g/mol. The average molecular weight is 488 g/mol. The van der Waals surface area contributed by atoms with Gasteiger partial charge in [0.25, 0.3) is 11.7 Å². The van der Waals surface area contributed by atoms with Crippen LogP contribution in [0.5, 0.6) is 17.2 Å². The number of hydrogen-bond donors (Lipinski definition) is 1. The molecule has 3 aromatic rings. The average Bonchev–Trinajstić information content (AvgIpc) is 3.14. The Kier molecular flexibility index (Phi) is 7.29. The fourth-order valence-corrected chi connectivity index (χ4v) is 4.26. The first-order valence-corrected chi connectivity index (χ1v) is 11.8. The van der Waals surface area contributed by atoms with Crippen LogP contribution in [0.1, 0.15) is 37.9 Å². The first kappa shape index (κ1) is 24.9. The van der Waals surface area contributed by atoms with Gasteiger partial charge in [0.15, 0.2) is 0 Å². The molecule has 1 heterocycles. The van der Waals surface area contributed by atoms with Crippen molar-refractivity contribution in [2.45, 2.75) is 32.9 Å². The number of rotatable bonds is 8. The van der Waals surface area contributed by atoms with E-state index in [-0.39, 0.29) is 17.4 Å². The highest BCUT2D eigenvalue weighted by atomic mass is 16.5. The largest absolute Gasteiger partial charge is 0.507 e. The second-order valence-electron chi connectivity index (χ2n) is 8.57. The summed E-state index contributed by atoms with van der Waals surface area (Å²) in [5, 5.41) is 11.3. The summed E-state index contributed by atoms with van der Waals surface area (Å²) in [4.78, 5) is 28.2. The van der Waals surface area contributed by atoms with Gasteiger partial charge in [-0.15, -0.1) is 0 Å². The van der Waals surface area contributed by atoms with Gasteiger partial charge in [0, 0.05) is 17.3 Å². The Bertz CT molecular complexity index is 1310. The van der Waals surface area contributed by atoms with E-state index in [1.165, 1.54) is 12.0 Å². The minimum absolute atomic E-state index is 0.0169. The molecule has 7 heteroatoms. The number of nitrogens with zero attached hydrogens (tertiary/aromatic N) is 1. The predicted molar refractivity (Wildman–Crippen MR) is 138 cm³/mol. The zero-order valence-electron chi connectivity index (χ0n) is 20.7. The van der Waals surface area contributed by atoms with Crippen molar-refractivity contribution in [1.82, 2.24) is 0 Å². The number of methoxy groups -OCH3 is 1. The second-order valence-corrected chi connectivity index (χ2v) is 8.57. The maximum absolute atomic E-state index is 13.4. The molecule has 1 unspecified atom stereocenters. The van der Waals surface area contributed by atoms with E-state index in [4.69, 9.17) is 14.2 Å². The van der Waals surface area contributed by atoms with Gasteiger partial charge < -0.3 is 19.3 Å². The zero-order chi connectivity index (χ0) is 25.8. The van der Waals surface area contributed by atoms with Crippen molar-refractivity contribution < 1.29 is 28.9 Å². The maximum Gasteiger partial charge on any atom is 0.300 e. The number of Topliss-reactive ketones (excluding diaryl/α,β-unsaturated/α-hetero) is 1. The monoisotopic (exact) mass is 487 g/mol. The van der Waals surface area contributed by atoms with Gasteiger partial charge >= 0.3 is 0 Å². The van der Waals surface area contributed by atoms with Crippen molar-refractivity contribution in [2.24, 2.45) is 0 Å². The Morgan fingerprint density at radius 1 is 0.944 bits per heavy atom. The van der Waals surface area contributed by atoms with E-state index in [2.05, 4.69) is 0 Å². The third kappa shape index (κ3) is 4.91. The van der Waals surface area contributed by atoms with Crippen LogP contribution in [0.15, 0.2) is 78.4 Å². The van der Waals surface area contributed by atoms with Gasteiger partial charge in [-0.05, 0) is 62.7 Å². The van der Waals surface area contributed by atoms with Crippen LogP contribution < -0.4 is 19.1 Å². The van der Waals surface area contributed by atoms with Gasteiger partial charge in [-0.2, -0.15) is 0 Å². The van der Waals surface area contributed by atoms with Gasteiger partial charge in [-0.1, -0.05) is 30.3 Å². The Morgan fingerprint density at radius 2 is 1.64 bits per heavy atom. The van der Waals surface area contributed by atoms with Crippen LogP contribution in [-0.4, -0.2) is 36.6 Å². The standard InChI is InChI=1S/C29H29NO6/c1-5-35-23-13-8-11-21(17-23)30-26(19-9-6-14-24(15-19)36-18(2)3)25(28(32)29(30)33)27(31)20-10-7-12-22(16-20)34-4/h6-18,26,31H,5H2,1-4H3/b27-25+. The molecule has 1 aliphatic heterocycles. The van der Waals surface area contributed by atoms with Gasteiger partial charge in [0.2, 0.25) is 0 Å². The lowest BCUT2D eigenvalue weighted by Crippen LogP contribution is -2.29. The number of hydrogen-bond acceptors (Lipinski definition) is 6. The molecule has 1 aliphatic rings. The summed E-state index contributed by atoms with van der Waals surface area (Å²) in [7, 11) is 1.52. The lowest BCUT2D eigenvalue weighted by Gasteiger charge is -2.26. The molecule has 0 bridgehead atoms. The molecule has 0 spiro atoms. The second kappa shape index (κ2) is 10.6. The third-order valence-corrected chi connectivity index (χ3v) is 5.74. The summed E-state index contributed by atoms with van der Waals surface area (Å²) < 4.78 is 16.8. The normalized spacial score (nSPS) is 16.9. The molecule has 7 nitrogen and oxygen atoms in total. The SMILES string of the molecule is CCOc1cccc(N2C(=O)C(=O)/C(=C(/O)c3cccc(OC)c3)C2c2cccc(OC(C)C)c2)c1. The Morgan fingerprint density at radius 3 is 2.36 bits per heavy atom. The van der Waals surface area contributed by atoms with E-state index in [1.807, 2.05) is 32.9 Å². The van der Waals surface area contributed by atoms with E-state index in [9.17, 15) is 14.7 Å². The summed E-state index contributed by atoms with van der Waals surface area (Å²) in [6.45, 7) is 6.16. The van der Waals surface area contributed by atoms with Gasteiger partial charge in [0.05, 0.1) is 31.4 Å².